The molecule has 0 aliphatic carbocycles. The second-order valence-corrected chi connectivity index (χ2v) is 5.06. The summed E-state index contributed by atoms with van der Waals surface area (Å²) in [4.78, 5) is 0.962. The fourth-order valence-corrected chi connectivity index (χ4v) is 2.45. The predicted molar refractivity (Wildman–Crippen MR) is 70.1 cm³/mol. The maximum atomic E-state index is 6.13. The molecule has 0 spiro atoms. The van der Waals surface area contributed by atoms with Crippen LogP contribution in [0.5, 0.6) is 0 Å². The van der Waals surface area contributed by atoms with E-state index in [0.29, 0.717) is 16.5 Å². The molecule has 0 bridgehead atoms. The Labute approximate surface area is 113 Å². The van der Waals surface area contributed by atoms with Crippen LogP contribution >= 0.6 is 34.7 Å². The number of hydrazine groups is 1. The Morgan fingerprint density at radius 2 is 2.24 bits per heavy atom. The lowest BCUT2D eigenvalue weighted by molar-refractivity contribution is 0.560. The molecule has 1 aromatic carbocycles. The molecule has 2 aromatic rings. The van der Waals surface area contributed by atoms with Gasteiger partial charge in [-0.3, -0.25) is 11.3 Å². The van der Waals surface area contributed by atoms with Crippen molar-refractivity contribution in [3.8, 4) is 0 Å². The standard InChI is InChI=1S/C10H10Cl2N4S/c11-7-3-1-2-6(10(7)12)4-8(15-13)9-5-14-16-17-9/h1-3,5,8,15H,4,13H2. The van der Waals surface area contributed by atoms with Gasteiger partial charge in [-0.1, -0.05) is 39.8 Å². The summed E-state index contributed by atoms with van der Waals surface area (Å²) in [5.74, 6) is 5.52. The van der Waals surface area contributed by atoms with Gasteiger partial charge in [0.2, 0.25) is 0 Å². The summed E-state index contributed by atoms with van der Waals surface area (Å²) in [7, 11) is 0. The SMILES string of the molecule is NNC(Cc1cccc(Cl)c1Cl)c1cnns1. The van der Waals surface area contributed by atoms with Crippen molar-refractivity contribution >= 4 is 34.7 Å². The van der Waals surface area contributed by atoms with Gasteiger partial charge < -0.3 is 0 Å². The molecule has 7 heteroatoms. The molecule has 17 heavy (non-hydrogen) atoms. The molecular weight excluding hydrogens is 279 g/mol. The van der Waals surface area contributed by atoms with E-state index in [-0.39, 0.29) is 6.04 Å². The minimum absolute atomic E-state index is 0.0639. The van der Waals surface area contributed by atoms with E-state index in [1.54, 1.807) is 12.3 Å². The van der Waals surface area contributed by atoms with E-state index in [1.165, 1.54) is 11.5 Å². The lowest BCUT2D eigenvalue weighted by Crippen LogP contribution is -2.29. The van der Waals surface area contributed by atoms with Crippen molar-refractivity contribution in [3.05, 3.63) is 44.9 Å². The van der Waals surface area contributed by atoms with Gasteiger partial charge in [0.25, 0.3) is 0 Å². The van der Waals surface area contributed by atoms with Crippen LogP contribution in [0, 0.1) is 0 Å². The van der Waals surface area contributed by atoms with E-state index < -0.39 is 0 Å². The van der Waals surface area contributed by atoms with E-state index in [2.05, 4.69) is 15.0 Å². The van der Waals surface area contributed by atoms with Gasteiger partial charge in [-0.25, -0.2) is 0 Å². The van der Waals surface area contributed by atoms with Crippen LogP contribution in [0.4, 0.5) is 0 Å². The topological polar surface area (TPSA) is 63.8 Å². The zero-order chi connectivity index (χ0) is 12.3. The number of aromatic nitrogens is 2. The van der Waals surface area contributed by atoms with E-state index in [0.717, 1.165) is 10.4 Å². The molecule has 1 unspecified atom stereocenters. The number of halogens is 2. The van der Waals surface area contributed by atoms with Crippen LogP contribution in [0.2, 0.25) is 10.0 Å². The molecule has 1 aromatic heterocycles. The van der Waals surface area contributed by atoms with Crippen molar-refractivity contribution in [2.75, 3.05) is 0 Å². The number of benzene rings is 1. The van der Waals surface area contributed by atoms with Crippen LogP contribution in [0.3, 0.4) is 0 Å². The van der Waals surface area contributed by atoms with Gasteiger partial charge in [0.05, 0.1) is 27.2 Å². The third kappa shape index (κ3) is 2.94. The summed E-state index contributed by atoms with van der Waals surface area (Å²) in [5, 5.41) is 4.89. The van der Waals surface area contributed by atoms with E-state index in [9.17, 15) is 0 Å². The molecule has 3 N–H and O–H groups in total. The fraction of sp³-hybridized carbons (Fsp3) is 0.200. The Balaban J connectivity index is 2.22. The number of rotatable bonds is 4. The zero-order valence-corrected chi connectivity index (χ0v) is 11.1. The van der Waals surface area contributed by atoms with Crippen molar-refractivity contribution in [2.45, 2.75) is 12.5 Å². The Morgan fingerprint density at radius 1 is 1.41 bits per heavy atom. The molecule has 0 radical (unpaired) electrons. The molecule has 0 aliphatic rings. The van der Waals surface area contributed by atoms with Crippen LogP contribution in [0.15, 0.2) is 24.4 Å². The van der Waals surface area contributed by atoms with Gasteiger partial charge in [0.1, 0.15) is 0 Å². The summed E-state index contributed by atoms with van der Waals surface area (Å²) >= 11 is 13.4. The van der Waals surface area contributed by atoms with E-state index in [1.807, 2.05) is 12.1 Å². The van der Waals surface area contributed by atoms with Gasteiger partial charge in [-0.15, -0.1) is 5.10 Å². The number of nitrogens with two attached hydrogens (primary N) is 1. The van der Waals surface area contributed by atoms with Crippen LogP contribution in [-0.2, 0) is 6.42 Å². The second-order valence-electron chi connectivity index (χ2n) is 3.46. The Hall–Kier alpha value is -0.720. The molecule has 4 nitrogen and oxygen atoms in total. The Morgan fingerprint density at radius 3 is 2.88 bits per heavy atom. The monoisotopic (exact) mass is 288 g/mol. The second kappa shape index (κ2) is 5.75. The summed E-state index contributed by atoms with van der Waals surface area (Å²) in [6, 6.07) is 5.48. The molecule has 0 saturated carbocycles. The first kappa shape index (κ1) is 12.7. The number of hydrogen-bond donors (Lipinski definition) is 2. The van der Waals surface area contributed by atoms with Crippen molar-refractivity contribution in [3.63, 3.8) is 0 Å². The quantitative estimate of drug-likeness (QED) is 0.671. The van der Waals surface area contributed by atoms with Crippen molar-refractivity contribution in [1.82, 2.24) is 15.0 Å². The minimum atomic E-state index is -0.0639. The summed E-state index contributed by atoms with van der Waals surface area (Å²) in [6.45, 7) is 0. The van der Waals surface area contributed by atoms with Gasteiger partial charge in [-0.2, -0.15) is 0 Å². The first-order chi connectivity index (χ1) is 8.22. The molecule has 0 amide bonds. The van der Waals surface area contributed by atoms with E-state index in [4.69, 9.17) is 29.0 Å². The summed E-state index contributed by atoms with van der Waals surface area (Å²) < 4.78 is 3.81. The molecule has 0 saturated heterocycles. The van der Waals surface area contributed by atoms with Gasteiger partial charge in [0, 0.05) is 0 Å². The highest BCUT2D eigenvalue weighted by Gasteiger charge is 2.15. The van der Waals surface area contributed by atoms with Gasteiger partial charge >= 0.3 is 0 Å². The van der Waals surface area contributed by atoms with Crippen molar-refractivity contribution < 1.29 is 0 Å². The zero-order valence-electron chi connectivity index (χ0n) is 8.73. The highest BCUT2D eigenvalue weighted by molar-refractivity contribution is 7.05. The highest BCUT2D eigenvalue weighted by Crippen LogP contribution is 2.29. The average molecular weight is 289 g/mol. The van der Waals surface area contributed by atoms with Crippen LogP contribution in [0.1, 0.15) is 16.5 Å². The Kier molecular flexibility index (Phi) is 4.31. The number of hydrogen-bond acceptors (Lipinski definition) is 5. The van der Waals surface area contributed by atoms with E-state index >= 15 is 0 Å². The molecule has 90 valence electrons. The number of nitrogens with one attached hydrogen (secondary N) is 1. The van der Waals surface area contributed by atoms with Crippen LogP contribution < -0.4 is 11.3 Å². The van der Waals surface area contributed by atoms with Gasteiger partial charge in [0.15, 0.2) is 0 Å². The summed E-state index contributed by atoms with van der Waals surface area (Å²) in [5.41, 5.74) is 3.67. The maximum Gasteiger partial charge on any atom is 0.0670 e. The van der Waals surface area contributed by atoms with Crippen LogP contribution in [-0.4, -0.2) is 9.59 Å². The third-order valence-corrected chi connectivity index (χ3v) is 4.01. The molecule has 0 fully saturated rings. The molecule has 1 heterocycles. The predicted octanol–water partition coefficient (Wildman–Crippen LogP) is 2.59. The first-order valence-corrected chi connectivity index (χ1v) is 6.41. The maximum absolute atomic E-state index is 6.13. The molecule has 0 aliphatic heterocycles. The largest absolute Gasteiger partial charge is 0.271 e. The normalized spacial score (nSPS) is 12.6. The van der Waals surface area contributed by atoms with Gasteiger partial charge in [-0.05, 0) is 29.6 Å². The lowest BCUT2D eigenvalue weighted by Gasteiger charge is -2.14. The fourth-order valence-electron chi connectivity index (χ4n) is 1.50. The van der Waals surface area contributed by atoms with Crippen molar-refractivity contribution in [1.29, 1.82) is 0 Å². The van der Waals surface area contributed by atoms with Crippen LogP contribution in [0.25, 0.3) is 0 Å². The third-order valence-electron chi connectivity index (χ3n) is 2.38. The molecular formula is C10H10Cl2N4S. The molecule has 2 rings (SSSR count). The molecule has 1 atom stereocenters. The summed E-state index contributed by atoms with van der Waals surface area (Å²) in [6.07, 6.45) is 2.33. The first-order valence-electron chi connectivity index (χ1n) is 4.88. The highest BCUT2D eigenvalue weighted by atomic mass is 35.5. The van der Waals surface area contributed by atoms with Crippen molar-refractivity contribution in [2.24, 2.45) is 5.84 Å². The average Bonchev–Trinajstić information content (AvgIpc) is 2.85. The smallest absolute Gasteiger partial charge is 0.0670 e. The minimum Gasteiger partial charge on any atom is -0.271 e. The lowest BCUT2D eigenvalue weighted by atomic mass is 10.1. The number of nitrogens with zero attached hydrogens (tertiary/aromatic N) is 2. The Bertz CT molecular complexity index is 489.